The topological polar surface area (TPSA) is 98.3 Å². The number of hydrogen-bond acceptors (Lipinski definition) is 6. The number of rotatable bonds is 2. The van der Waals surface area contributed by atoms with E-state index in [-0.39, 0.29) is 15.0 Å². The van der Waals surface area contributed by atoms with Crippen LogP contribution in [-0.4, -0.2) is 28.2 Å². The highest BCUT2D eigenvalue weighted by Crippen LogP contribution is 2.29. The van der Waals surface area contributed by atoms with Crippen LogP contribution in [0.2, 0.25) is 0 Å². The van der Waals surface area contributed by atoms with E-state index in [1.165, 1.54) is 0 Å². The van der Waals surface area contributed by atoms with E-state index in [1.807, 2.05) is 0 Å². The fourth-order valence-electron chi connectivity index (χ4n) is 1.53. The van der Waals surface area contributed by atoms with Crippen LogP contribution in [0.3, 0.4) is 0 Å². The lowest BCUT2D eigenvalue weighted by Gasteiger charge is -2.08. The summed E-state index contributed by atoms with van der Waals surface area (Å²) in [7, 11) is 1.07. The number of nitrogen functional groups attached to an aromatic ring is 1. The van der Waals surface area contributed by atoms with Gasteiger partial charge < -0.3 is 15.6 Å². The molecule has 1 heterocycles. The molecule has 1 aromatic heterocycles. The summed E-state index contributed by atoms with van der Waals surface area (Å²) in [5.74, 6) is -3.91. The predicted molar refractivity (Wildman–Crippen MR) is 77.5 cm³/mol. The number of hydrogen-bond donors (Lipinski definition) is 2. The lowest BCUT2D eigenvalue weighted by atomic mass is 10.2. The van der Waals surface area contributed by atoms with Crippen LogP contribution in [-0.2, 0) is 4.74 Å². The number of anilines is 1. The molecule has 0 saturated carbocycles. The van der Waals surface area contributed by atoms with E-state index >= 15 is 0 Å². The van der Waals surface area contributed by atoms with Gasteiger partial charge in [-0.1, -0.05) is 0 Å². The molecule has 0 bridgehead atoms. The Bertz CT molecular complexity index is 740. The number of carbonyl (C=O) groups is 1. The minimum absolute atomic E-state index is 0.0776. The van der Waals surface area contributed by atoms with Gasteiger partial charge in [0.2, 0.25) is 0 Å². The van der Waals surface area contributed by atoms with Crippen LogP contribution in [0.1, 0.15) is 10.5 Å². The van der Waals surface area contributed by atoms with Crippen molar-refractivity contribution in [1.29, 1.82) is 0 Å². The van der Waals surface area contributed by atoms with Gasteiger partial charge in [-0.25, -0.2) is 23.5 Å². The summed E-state index contributed by atoms with van der Waals surface area (Å²) in [4.78, 5) is 18.8. The Kier molecular flexibility index (Phi) is 4.21. The Labute approximate surface area is 131 Å². The van der Waals surface area contributed by atoms with Gasteiger partial charge >= 0.3 is 5.97 Å². The Morgan fingerprint density at radius 3 is 2.62 bits per heavy atom. The Hall–Kier alpha value is -2.04. The van der Waals surface area contributed by atoms with Crippen molar-refractivity contribution in [3.8, 4) is 17.1 Å². The molecule has 9 heteroatoms. The summed E-state index contributed by atoms with van der Waals surface area (Å²) in [6, 6.07) is 1.83. The first-order valence-corrected chi connectivity index (χ1v) is 6.52. The number of carbonyl (C=O) groups excluding carboxylic acids is 1. The van der Waals surface area contributed by atoms with Gasteiger partial charge in [0.25, 0.3) is 0 Å². The smallest absolute Gasteiger partial charge is 0.360 e. The molecular formula is C12H8F2IN3O3. The van der Waals surface area contributed by atoms with Crippen LogP contribution in [0.25, 0.3) is 11.4 Å². The highest BCUT2D eigenvalue weighted by atomic mass is 127. The number of nitrogens with two attached hydrogens (primary N) is 1. The van der Waals surface area contributed by atoms with Gasteiger partial charge in [-0.3, -0.25) is 0 Å². The molecular weight excluding hydrogens is 399 g/mol. The van der Waals surface area contributed by atoms with Gasteiger partial charge in [0.1, 0.15) is 11.6 Å². The molecule has 21 heavy (non-hydrogen) atoms. The normalized spacial score (nSPS) is 10.5. The van der Waals surface area contributed by atoms with E-state index < -0.39 is 34.9 Å². The second-order valence-electron chi connectivity index (χ2n) is 3.87. The summed E-state index contributed by atoms with van der Waals surface area (Å²) in [6.07, 6.45) is 0. The molecule has 3 N–H and O–H groups in total. The second kappa shape index (κ2) is 5.76. The van der Waals surface area contributed by atoms with E-state index in [4.69, 9.17) is 5.73 Å². The number of halogens is 3. The number of nitrogens with zero attached hydrogens (tertiary/aromatic N) is 2. The van der Waals surface area contributed by atoms with Gasteiger partial charge in [-0.15, -0.1) is 0 Å². The van der Waals surface area contributed by atoms with E-state index in [1.54, 1.807) is 22.6 Å². The largest absolute Gasteiger partial charge is 0.503 e. The first-order chi connectivity index (χ1) is 9.85. The van der Waals surface area contributed by atoms with Crippen molar-refractivity contribution in [2.24, 2.45) is 0 Å². The maximum absolute atomic E-state index is 13.9. The van der Waals surface area contributed by atoms with Crippen molar-refractivity contribution < 1.29 is 23.4 Å². The molecule has 0 spiro atoms. The van der Waals surface area contributed by atoms with Crippen LogP contribution >= 0.6 is 22.6 Å². The van der Waals surface area contributed by atoms with Crippen LogP contribution in [0.5, 0.6) is 5.75 Å². The SMILES string of the molecule is COC(=O)c1nc(-c2cc(F)c(I)cc2F)nc(N)c1O. The summed E-state index contributed by atoms with van der Waals surface area (Å²) in [6.45, 7) is 0. The van der Waals surface area contributed by atoms with Crippen molar-refractivity contribution in [3.63, 3.8) is 0 Å². The molecule has 0 amide bonds. The van der Waals surface area contributed by atoms with Gasteiger partial charge in [-0.05, 0) is 34.7 Å². The monoisotopic (exact) mass is 407 g/mol. The highest BCUT2D eigenvalue weighted by Gasteiger charge is 2.21. The van der Waals surface area contributed by atoms with Gasteiger partial charge in [0, 0.05) is 0 Å². The third kappa shape index (κ3) is 2.86. The van der Waals surface area contributed by atoms with E-state index in [0.29, 0.717) is 0 Å². The third-order valence-corrected chi connectivity index (χ3v) is 3.37. The summed E-state index contributed by atoms with van der Waals surface area (Å²) >= 11 is 1.63. The lowest BCUT2D eigenvalue weighted by molar-refractivity contribution is 0.0590. The Morgan fingerprint density at radius 1 is 1.33 bits per heavy atom. The van der Waals surface area contributed by atoms with Gasteiger partial charge in [0.15, 0.2) is 23.1 Å². The standard InChI is InChI=1S/C12H8F2IN3O3/c1-21-12(20)8-9(19)10(16)18-11(17-8)4-2-6(14)7(15)3-5(4)13/h2-3,19H,1H3,(H2,16,17,18). The van der Waals surface area contributed by atoms with Crippen molar-refractivity contribution >= 4 is 34.4 Å². The molecule has 2 rings (SSSR count). The Morgan fingerprint density at radius 2 is 2.00 bits per heavy atom. The number of esters is 1. The number of benzene rings is 1. The van der Waals surface area contributed by atoms with Crippen LogP contribution in [0.4, 0.5) is 14.6 Å². The fraction of sp³-hybridized carbons (Fsp3) is 0.0833. The molecule has 0 aliphatic rings. The van der Waals surface area contributed by atoms with Crippen molar-refractivity contribution in [2.45, 2.75) is 0 Å². The minimum atomic E-state index is -0.978. The molecule has 6 nitrogen and oxygen atoms in total. The van der Waals surface area contributed by atoms with Crippen molar-refractivity contribution in [2.75, 3.05) is 12.8 Å². The first-order valence-electron chi connectivity index (χ1n) is 5.44. The summed E-state index contributed by atoms with van der Waals surface area (Å²) < 4.78 is 31.9. The van der Waals surface area contributed by atoms with Crippen LogP contribution in [0.15, 0.2) is 12.1 Å². The van der Waals surface area contributed by atoms with E-state index in [0.717, 1.165) is 19.2 Å². The zero-order valence-corrected chi connectivity index (χ0v) is 12.7. The third-order valence-electron chi connectivity index (χ3n) is 2.54. The van der Waals surface area contributed by atoms with Crippen LogP contribution in [0, 0.1) is 15.2 Å². The molecule has 0 atom stereocenters. The Balaban J connectivity index is 2.68. The zero-order chi connectivity index (χ0) is 15.7. The van der Waals surface area contributed by atoms with Crippen molar-refractivity contribution in [3.05, 3.63) is 33.0 Å². The molecule has 1 aromatic carbocycles. The van der Waals surface area contributed by atoms with Crippen LogP contribution < -0.4 is 5.73 Å². The summed E-state index contributed by atoms with van der Waals surface area (Å²) in [5.41, 5.74) is 4.63. The predicted octanol–water partition coefficient (Wildman–Crippen LogP) is 2.10. The second-order valence-corrected chi connectivity index (χ2v) is 5.03. The maximum atomic E-state index is 13.9. The molecule has 0 aliphatic heterocycles. The molecule has 110 valence electrons. The van der Waals surface area contributed by atoms with Gasteiger partial charge in [-0.2, -0.15) is 0 Å². The molecule has 0 saturated heterocycles. The molecule has 0 fully saturated rings. The average Bonchev–Trinajstić information content (AvgIpc) is 2.45. The molecule has 0 aliphatic carbocycles. The minimum Gasteiger partial charge on any atom is -0.503 e. The number of aromatic hydroxyl groups is 1. The maximum Gasteiger partial charge on any atom is 0.360 e. The lowest BCUT2D eigenvalue weighted by Crippen LogP contribution is -2.09. The quantitative estimate of drug-likeness (QED) is 0.450. The van der Waals surface area contributed by atoms with Gasteiger partial charge in [0.05, 0.1) is 16.2 Å². The molecule has 0 radical (unpaired) electrons. The number of ether oxygens (including phenoxy) is 1. The van der Waals surface area contributed by atoms with E-state index in [9.17, 15) is 18.7 Å². The highest BCUT2D eigenvalue weighted by molar-refractivity contribution is 14.1. The average molecular weight is 407 g/mol. The fourth-order valence-corrected chi connectivity index (χ4v) is 1.95. The van der Waals surface area contributed by atoms with Crippen molar-refractivity contribution in [1.82, 2.24) is 9.97 Å². The molecule has 0 unspecified atom stereocenters. The first kappa shape index (κ1) is 15.4. The molecule has 2 aromatic rings. The van der Waals surface area contributed by atoms with E-state index in [2.05, 4.69) is 14.7 Å². The summed E-state index contributed by atoms with van der Waals surface area (Å²) in [5, 5.41) is 9.62. The number of aromatic nitrogens is 2. The number of methoxy groups -OCH3 is 1. The zero-order valence-electron chi connectivity index (χ0n) is 10.5.